The van der Waals surface area contributed by atoms with Crippen LogP contribution in [0.5, 0.6) is 0 Å². The summed E-state index contributed by atoms with van der Waals surface area (Å²) in [5, 5.41) is 3.81. The number of hydrogen-bond acceptors (Lipinski definition) is 3. The van der Waals surface area contributed by atoms with Gasteiger partial charge in [-0.25, -0.2) is 0 Å². The minimum atomic E-state index is 0.0813. The molecule has 0 aliphatic carbocycles. The van der Waals surface area contributed by atoms with E-state index in [4.69, 9.17) is 20.8 Å². The minimum absolute atomic E-state index is 0.0813. The maximum absolute atomic E-state index is 5.80. The molecule has 4 heteroatoms. The molecule has 0 saturated carbocycles. The van der Waals surface area contributed by atoms with Crippen LogP contribution in [0.4, 0.5) is 0 Å². The van der Waals surface area contributed by atoms with E-state index in [1.54, 1.807) is 6.07 Å². The van der Waals surface area contributed by atoms with Crippen molar-refractivity contribution in [2.24, 2.45) is 0 Å². The van der Waals surface area contributed by atoms with E-state index in [2.05, 4.69) is 12.2 Å². The fourth-order valence-corrected chi connectivity index (χ4v) is 2.05. The molecule has 1 atom stereocenters. The Bertz CT molecular complexity index is 373. The molecule has 1 aromatic heterocycles. The van der Waals surface area contributed by atoms with Gasteiger partial charge in [-0.1, -0.05) is 6.92 Å². The zero-order valence-electron chi connectivity index (χ0n) is 9.33. The summed E-state index contributed by atoms with van der Waals surface area (Å²) in [5.41, 5.74) is 1.22. The van der Waals surface area contributed by atoms with E-state index in [0.717, 1.165) is 31.8 Å². The first-order chi connectivity index (χ1) is 7.81. The maximum atomic E-state index is 5.80. The van der Waals surface area contributed by atoms with Crippen molar-refractivity contribution in [3.8, 4) is 0 Å². The van der Waals surface area contributed by atoms with Crippen LogP contribution in [0.1, 0.15) is 31.6 Å². The quantitative estimate of drug-likeness (QED) is 0.879. The third-order valence-electron chi connectivity index (χ3n) is 2.62. The predicted molar refractivity (Wildman–Crippen MR) is 63.4 cm³/mol. The lowest BCUT2D eigenvalue weighted by Crippen LogP contribution is -2.23. The second-order valence-corrected chi connectivity index (χ2v) is 4.17. The fraction of sp³-hybridized carbons (Fsp3) is 0.500. The molecule has 0 bridgehead atoms. The molecule has 1 aliphatic heterocycles. The van der Waals surface area contributed by atoms with Crippen LogP contribution in [-0.4, -0.2) is 13.2 Å². The third-order valence-corrected chi connectivity index (χ3v) is 2.82. The lowest BCUT2D eigenvalue weighted by atomic mass is 10.00. The largest absolute Gasteiger partial charge is 0.501 e. The summed E-state index contributed by atoms with van der Waals surface area (Å²) in [4.78, 5) is 0. The Morgan fingerprint density at radius 1 is 1.50 bits per heavy atom. The van der Waals surface area contributed by atoms with Gasteiger partial charge >= 0.3 is 0 Å². The molecule has 2 heterocycles. The Hall–Kier alpha value is -0.930. The molecule has 88 valence electrons. The first kappa shape index (κ1) is 11.6. The molecule has 1 N–H and O–H groups in total. The van der Waals surface area contributed by atoms with Crippen molar-refractivity contribution in [1.29, 1.82) is 0 Å². The van der Waals surface area contributed by atoms with E-state index in [1.807, 2.05) is 12.3 Å². The predicted octanol–water partition coefficient (Wildman–Crippen LogP) is 3.28. The topological polar surface area (TPSA) is 34.4 Å². The lowest BCUT2D eigenvalue weighted by molar-refractivity contribution is 0.217. The van der Waals surface area contributed by atoms with Crippen molar-refractivity contribution in [3.05, 3.63) is 34.9 Å². The van der Waals surface area contributed by atoms with Gasteiger partial charge in [0.15, 0.2) is 5.22 Å². The molecule has 16 heavy (non-hydrogen) atoms. The van der Waals surface area contributed by atoms with Crippen LogP contribution < -0.4 is 5.32 Å². The summed E-state index contributed by atoms with van der Waals surface area (Å²) in [5.74, 6) is 0.851. The van der Waals surface area contributed by atoms with Crippen molar-refractivity contribution in [3.63, 3.8) is 0 Å². The van der Waals surface area contributed by atoms with Crippen LogP contribution in [0.3, 0.4) is 0 Å². The van der Waals surface area contributed by atoms with Crippen LogP contribution in [0, 0.1) is 0 Å². The van der Waals surface area contributed by atoms with E-state index in [1.165, 1.54) is 5.57 Å². The second kappa shape index (κ2) is 5.41. The molecule has 1 unspecified atom stereocenters. The summed E-state index contributed by atoms with van der Waals surface area (Å²) >= 11 is 5.80. The van der Waals surface area contributed by atoms with Crippen molar-refractivity contribution in [1.82, 2.24) is 5.32 Å². The number of furan rings is 1. The molecule has 2 rings (SSSR count). The molecule has 1 aromatic rings. The van der Waals surface area contributed by atoms with Crippen molar-refractivity contribution < 1.29 is 9.15 Å². The molecule has 0 aromatic carbocycles. The van der Waals surface area contributed by atoms with Crippen LogP contribution in [-0.2, 0) is 4.74 Å². The Morgan fingerprint density at radius 3 is 2.94 bits per heavy atom. The van der Waals surface area contributed by atoms with Crippen molar-refractivity contribution in [2.45, 2.75) is 25.8 Å². The van der Waals surface area contributed by atoms with Gasteiger partial charge in [-0.15, -0.1) is 0 Å². The highest BCUT2D eigenvalue weighted by atomic mass is 35.5. The molecular weight excluding hydrogens is 226 g/mol. The molecular formula is C12H16ClNO2. The van der Waals surface area contributed by atoms with Crippen LogP contribution in [0.25, 0.3) is 0 Å². The average molecular weight is 242 g/mol. The smallest absolute Gasteiger partial charge is 0.193 e. The average Bonchev–Trinajstić information content (AvgIpc) is 2.74. The molecule has 1 aliphatic rings. The van der Waals surface area contributed by atoms with Crippen molar-refractivity contribution >= 4 is 11.6 Å². The summed E-state index contributed by atoms with van der Waals surface area (Å²) < 4.78 is 10.8. The molecule has 3 nitrogen and oxygen atoms in total. The summed E-state index contributed by atoms with van der Waals surface area (Å²) in [7, 11) is 0. The van der Waals surface area contributed by atoms with Crippen LogP contribution >= 0.6 is 11.6 Å². The molecule has 0 spiro atoms. The monoisotopic (exact) mass is 241 g/mol. The van der Waals surface area contributed by atoms with Gasteiger partial charge in [-0.05, 0) is 48.7 Å². The minimum Gasteiger partial charge on any atom is -0.501 e. The number of ether oxygens (including phenoxy) is 1. The summed E-state index contributed by atoms with van der Waals surface area (Å²) in [6.07, 6.45) is 3.94. The second-order valence-electron chi connectivity index (χ2n) is 3.80. The maximum Gasteiger partial charge on any atom is 0.193 e. The van der Waals surface area contributed by atoms with Gasteiger partial charge in [0, 0.05) is 0 Å². The van der Waals surface area contributed by atoms with E-state index >= 15 is 0 Å². The highest BCUT2D eigenvalue weighted by Gasteiger charge is 2.21. The molecule has 0 radical (unpaired) electrons. The van der Waals surface area contributed by atoms with Gasteiger partial charge in [0.05, 0.1) is 18.9 Å². The van der Waals surface area contributed by atoms with E-state index in [-0.39, 0.29) is 6.04 Å². The van der Waals surface area contributed by atoms with E-state index < -0.39 is 0 Å². The van der Waals surface area contributed by atoms with Crippen molar-refractivity contribution in [2.75, 3.05) is 13.2 Å². The molecule has 0 amide bonds. The molecule has 0 fully saturated rings. The Morgan fingerprint density at radius 2 is 2.38 bits per heavy atom. The zero-order chi connectivity index (χ0) is 11.4. The van der Waals surface area contributed by atoms with Gasteiger partial charge in [0.25, 0.3) is 0 Å². The summed E-state index contributed by atoms with van der Waals surface area (Å²) in [6.45, 7) is 3.75. The number of rotatable bonds is 4. The molecule has 0 saturated heterocycles. The number of nitrogens with one attached hydrogen (secondary N) is 1. The lowest BCUT2D eigenvalue weighted by Gasteiger charge is -2.22. The first-order valence-electron chi connectivity index (χ1n) is 5.60. The van der Waals surface area contributed by atoms with Gasteiger partial charge < -0.3 is 14.5 Å². The first-order valence-corrected chi connectivity index (χ1v) is 5.98. The van der Waals surface area contributed by atoms with E-state index in [9.17, 15) is 0 Å². The normalized spacial score (nSPS) is 17.8. The number of halogens is 1. The Labute approximate surface area is 100 Å². The Kier molecular flexibility index (Phi) is 3.91. The number of likely N-dealkylation sites (N-methyl/N-ethyl adjacent to an activating group) is 1. The summed E-state index contributed by atoms with van der Waals surface area (Å²) in [6, 6.07) is 3.76. The van der Waals surface area contributed by atoms with Gasteiger partial charge in [-0.3, -0.25) is 0 Å². The van der Waals surface area contributed by atoms with Gasteiger partial charge in [-0.2, -0.15) is 0 Å². The van der Waals surface area contributed by atoms with Crippen LogP contribution in [0.2, 0.25) is 5.22 Å². The van der Waals surface area contributed by atoms with Gasteiger partial charge in [0.2, 0.25) is 0 Å². The highest BCUT2D eigenvalue weighted by molar-refractivity contribution is 6.28. The van der Waals surface area contributed by atoms with E-state index in [0.29, 0.717) is 5.22 Å². The van der Waals surface area contributed by atoms with Gasteiger partial charge in [0.1, 0.15) is 5.76 Å². The third kappa shape index (κ3) is 2.60. The van der Waals surface area contributed by atoms with Crippen LogP contribution in [0.15, 0.2) is 28.4 Å². The standard InChI is InChI=1S/C12H16ClNO2/c1-2-14-12(9-4-3-7-15-8-9)10-5-6-11(13)16-10/h5-6,8,12,14H,2-4,7H2,1H3. The Balaban J connectivity index is 2.19. The number of hydrogen-bond donors (Lipinski definition) is 1. The SMILES string of the molecule is CCNC(C1=COCCC1)c1ccc(Cl)o1. The highest BCUT2D eigenvalue weighted by Crippen LogP contribution is 2.29. The fourth-order valence-electron chi connectivity index (χ4n) is 1.90. The zero-order valence-corrected chi connectivity index (χ0v) is 10.1.